The molecule has 0 N–H and O–H groups in total. The van der Waals surface area contributed by atoms with Crippen LogP contribution in [0.5, 0.6) is 0 Å². The van der Waals surface area contributed by atoms with Crippen molar-refractivity contribution in [1.82, 2.24) is 0 Å². The van der Waals surface area contributed by atoms with Crippen LogP contribution in [-0.4, -0.2) is 18.1 Å². The maximum Gasteiger partial charge on any atom is 1.00 e. The third-order valence-electron chi connectivity index (χ3n) is 4.26. The minimum atomic E-state index is -4.92. The van der Waals surface area contributed by atoms with Crippen molar-refractivity contribution in [3.8, 4) is 0 Å². The monoisotopic (exact) mass is 376 g/mol. The molecule has 0 unspecified atom stereocenters. The Kier molecular flexibility index (Phi) is 13.8. The van der Waals surface area contributed by atoms with Crippen LogP contribution in [-0.2, 0) is 16.5 Å². The Morgan fingerprint density at radius 3 is 1.88 bits per heavy atom. The van der Waals surface area contributed by atoms with Gasteiger partial charge in [0, 0.05) is 5.56 Å². The van der Waals surface area contributed by atoms with Crippen LogP contribution in [0.1, 0.15) is 87.1 Å². The second-order valence-electron chi connectivity index (χ2n) is 6.33. The minimum absolute atomic E-state index is 0. The Labute approximate surface area is 174 Å². The molecule has 0 aliphatic carbocycles. The first-order chi connectivity index (χ1) is 11.5. The van der Waals surface area contributed by atoms with Gasteiger partial charge in [-0.3, -0.25) is 4.79 Å². The van der Waals surface area contributed by atoms with E-state index in [0.29, 0.717) is 12.0 Å². The molecule has 0 heterocycles. The zero-order valence-corrected chi connectivity index (χ0v) is 18.4. The summed E-state index contributed by atoms with van der Waals surface area (Å²) in [7, 11) is -4.92. The second-order valence-corrected chi connectivity index (χ2v) is 7.61. The van der Waals surface area contributed by atoms with E-state index in [1.165, 1.54) is 51.0 Å². The molecule has 0 amide bonds. The van der Waals surface area contributed by atoms with Gasteiger partial charge >= 0.3 is 29.6 Å². The van der Waals surface area contributed by atoms with Crippen LogP contribution >= 0.6 is 0 Å². The molecule has 0 spiro atoms. The molecule has 1 aromatic rings. The van der Waals surface area contributed by atoms with Crippen molar-refractivity contribution >= 4 is 15.2 Å². The number of hydrogen-bond donors (Lipinski definition) is 0. The Bertz CT molecular complexity index is 599. The van der Waals surface area contributed by atoms with Crippen molar-refractivity contribution in [2.45, 2.75) is 77.6 Å². The largest absolute Gasteiger partial charge is 1.00 e. The average Bonchev–Trinajstić information content (AvgIpc) is 2.55. The fourth-order valence-electron chi connectivity index (χ4n) is 2.88. The fourth-order valence-corrected chi connectivity index (χ4v) is 3.34. The number of rotatable bonds is 12. The molecule has 0 atom stereocenters. The molecule has 6 heteroatoms. The van der Waals surface area contributed by atoms with Crippen molar-refractivity contribution in [2.24, 2.45) is 0 Å². The molecule has 0 saturated carbocycles. The summed E-state index contributed by atoms with van der Waals surface area (Å²) in [6.07, 6.45) is 12.8. The van der Waals surface area contributed by atoms with Crippen molar-refractivity contribution in [1.29, 1.82) is 0 Å². The van der Waals surface area contributed by atoms with Crippen LogP contribution in [0.4, 0.5) is 0 Å². The predicted octanol–water partition coefficient (Wildman–Crippen LogP) is 1.84. The summed E-state index contributed by atoms with van der Waals surface area (Å²) in [5, 5.41) is -1.31. The predicted molar refractivity (Wildman–Crippen MR) is 96.0 cm³/mol. The first-order valence-electron chi connectivity index (χ1n) is 9.05. The van der Waals surface area contributed by atoms with Crippen molar-refractivity contribution < 1.29 is 47.3 Å². The van der Waals surface area contributed by atoms with E-state index in [1.807, 2.05) is 0 Å². The molecule has 136 valence electrons. The van der Waals surface area contributed by atoms with Gasteiger partial charge in [-0.05, 0) is 18.4 Å². The number of hydrogen-bond acceptors (Lipinski definition) is 4. The van der Waals surface area contributed by atoms with E-state index in [0.717, 1.165) is 19.3 Å². The topological polar surface area (TPSA) is 74.3 Å². The Morgan fingerprint density at radius 2 is 1.36 bits per heavy atom. The van der Waals surface area contributed by atoms with Crippen molar-refractivity contribution in [3.05, 3.63) is 35.4 Å². The van der Waals surface area contributed by atoms with Crippen LogP contribution in [0, 0.1) is 0 Å². The number of unbranched alkanes of at least 4 members (excludes halogenated alkanes) is 9. The van der Waals surface area contributed by atoms with Crippen LogP contribution in [0.2, 0.25) is 0 Å². The van der Waals surface area contributed by atoms with Gasteiger partial charge < -0.3 is 4.55 Å². The van der Waals surface area contributed by atoms with Gasteiger partial charge in [0.1, 0.15) is 0 Å². The molecule has 0 bridgehead atoms. The van der Waals surface area contributed by atoms with E-state index in [9.17, 15) is 17.8 Å². The summed E-state index contributed by atoms with van der Waals surface area (Å²) in [6.45, 7) is 2.22. The molecule has 4 nitrogen and oxygen atoms in total. The molecule has 1 rings (SSSR count). The molecule has 0 saturated heterocycles. The van der Waals surface area contributed by atoms with Crippen LogP contribution in [0.25, 0.3) is 0 Å². The molecular formula is C19H29NaO4S. The smallest absolute Gasteiger partial charge is 0.742 e. The van der Waals surface area contributed by atoms with E-state index in [4.69, 9.17) is 0 Å². The average molecular weight is 376 g/mol. The SMILES string of the molecule is CCCCCCCCCCCCc1ccccc1C(=O)S(=O)(=O)[O-].[Na+]. The molecule has 0 fully saturated rings. The third-order valence-corrected chi connectivity index (χ3v) is 4.94. The molecule has 25 heavy (non-hydrogen) atoms. The first kappa shape index (κ1) is 24.8. The summed E-state index contributed by atoms with van der Waals surface area (Å²) >= 11 is 0. The van der Waals surface area contributed by atoms with Crippen LogP contribution in [0.3, 0.4) is 0 Å². The zero-order chi connectivity index (χ0) is 17.8. The maximum atomic E-state index is 11.7. The number of carbonyl (C=O) groups is 1. The maximum absolute atomic E-state index is 11.7. The van der Waals surface area contributed by atoms with Gasteiger partial charge in [-0.15, -0.1) is 0 Å². The van der Waals surface area contributed by atoms with Crippen molar-refractivity contribution in [3.63, 3.8) is 0 Å². The second kappa shape index (κ2) is 13.9. The molecular weight excluding hydrogens is 347 g/mol. The van der Waals surface area contributed by atoms with Crippen LogP contribution < -0.4 is 29.6 Å². The standard InChI is InChI=1S/C19H30O4S.Na/c1-2-3-4-5-6-7-8-9-10-11-14-17-15-12-13-16-18(17)19(20)24(21,22)23;/h12-13,15-16H,2-11,14H2,1H3,(H,21,22,23);/q;+1/p-1. The molecule has 0 aliphatic rings. The van der Waals surface area contributed by atoms with Gasteiger partial charge in [-0.1, -0.05) is 89.0 Å². The normalized spacial score (nSPS) is 11.1. The summed E-state index contributed by atoms with van der Waals surface area (Å²) in [4.78, 5) is 11.7. The summed E-state index contributed by atoms with van der Waals surface area (Å²) < 4.78 is 32.8. The van der Waals surface area contributed by atoms with Gasteiger partial charge in [0.2, 0.25) is 0 Å². The van der Waals surface area contributed by atoms with Gasteiger partial charge in [-0.25, -0.2) is 8.42 Å². The van der Waals surface area contributed by atoms with Crippen molar-refractivity contribution in [2.75, 3.05) is 0 Å². The molecule has 0 aromatic heterocycles. The Hall–Kier alpha value is -0.200. The van der Waals surface area contributed by atoms with Gasteiger partial charge in [-0.2, -0.15) is 0 Å². The zero-order valence-electron chi connectivity index (χ0n) is 15.6. The van der Waals surface area contributed by atoms with Gasteiger partial charge in [0.25, 0.3) is 5.12 Å². The first-order valence-corrected chi connectivity index (χ1v) is 10.5. The third kappa shape index (κ3) is 10.5. The number of aryl methyl sites for hydroxylation is 1. The van der Waals surface area contributed by atoms with E-state index >= 15 is 0 Å². The Morgan fingerprint density at radius 1 is 0.880 bits per heavy atom. The summed E-state index contributed by atoms with van der Waals surface area (Å²) in [5.41, 5.74) is 0.685. The Balaban J connectivity index is 0.00000576. The molecule has 0 aliphatic heterocycles. The van der Waals surface area contributed by atoms with E-state index < -0.39 is 15.2 Å². The van der Waals surface area contributed by atoms with Gasteiger partial charge in [0.05, 0.1) is 0 Å². The molecule has 1 aromatic carbocycles. The summed E-state index contributed by atoms with van der Waals surface area (Å²) in [6, 6.07) is 6.50. The van der Waals surface area contributed by atoms with E-state index in [-0.39, 0.29) is 35.1 Å². The number of benzene rings is 1. The quantitative estimate of drug-likeness (QED) is 0.317. The minimum Gasteiger partial charge on any atom is -0.742 e. The number of carbonyl (C=O) groups excluding carboxylic acids is 1. The fraction of sp³-hybridized carbons (Fsp3) is 0.632. The van der Waals surface area contributed by atoms with Gasteiger partial charge in [0.15, 0.2) is 10.1 Å². The summed E-state index contributed by atoms with van der Waals surface area (Å²) in [5.74, 6) is 0. The van der Waals surface area contributed by atoms with E-state index in [2.05, 4.69) is 6.92 Å². The van der Waals surface area contributed by atoms with Crippen LogP contribution in [0.15, 0.2) is 24.3 Å². The van der Waals surface area contributed by atoms with E-state index in [1.54, 1.807) is 18.2 Å². The molecule has 0 radical (unpaired) electrons.